The molecule has 3 rings (SSSR count). The molecule has 1 N–H and O–H groups in total. The minimum Gasteiger partial charge on any atom is -0.356 e. The van der Waals surface area contributed by atoms with E-state index in [1.807, 2.05) is 4.90 Å². The first kappa shape index (κ1) is 17.7. The van der Waals surface area contributed by atoms with Crippen LogP contribution in [0, 0.1) is 11.8 Å². The molecule has 2 saturated heterocycles. The Balaban J connectivity index is 1.43. The van der Waals surface area contributed by atoms with E-state index < -0.39 is 5.79 Å². The first-order valence-electron chi connectivity index (χ1n) is 9.48. The minimum atomic E-state index is -0.425. The first-order valence-corrected chi connectivity index (χ1v) is 9.48. The molecule has 2 amide bonds. The topological polar surface area (TPSA) is 67.9 Å². The van der Waals surface area contributed by atoms with Crippen molar-refractivity contribution in [2.75, 3.05) is 32.8 Å². The molecule has 6 nitrogen and oxygen atoms in total. The number of nitrogens with one attached hydrogen (secondary N) is 1. The maximum absolute atomic E-state index is 12.7. The molecule has 0 radical (unpaired) electrons. The lowest BCUT2D eigenvalue weighted by Gasteiger charge is -2.39. The number of likely N-dealkylation sites (tertiary alicyclic amines) is 1. The number of piperidine rings is 1. The quantitative estimate of drug-likeness (QED) is 0.847. The highest BCUT2D eigenvalue weighted by molar-refractivity contribution is 5.81. The summed E-state index contributed by atoms with van der Waals surface area (Å²) in [6, 6.07) is 0. The second-order valence-electron chi connectivity index (χ2n) is 7.27. The molecule has 0 aromatic rings. The largest absolute Gasteiger partial charge is 0.356 e. The Morgan fingerprint density at radius 1 is 1.04 bits per heavy atom. The van der Waals surface area contributed by atoms with Crippen LogP contribution in [-0.4, -0.2) is 55.3 Å². The van der Waals surface area contributed by atoms with Crippen molar-refractivity contribution in [3.05, 3.63) is 0 Å². The van der Waals surface area contributed by atoms with Gasteiger partial charge >= 0.3 is 0 Å². The van der Waals surface area contributed by atoms with Crippen molar-refractivity contribution >= 4 is 11.8 Å². The van der Waals surface area contributed by atoms with Crippen molar-refractivity contribution < 1.29 is 19.1 Å². The lowest BCUT2D eigenvalue weighted by Crippen LogP contribution is -2.49. The van der Waals surface area contributed by atoms with Crippen molar-refractivity contribution in [1.29, 1.82) is 0 Å². The maximum Gasteiger partial charge on any atom is 0.225 e. The van der Waals surface area contributed by atoms with E-state index in [4.69, 9.17) is 9.47 Å². The summed E-state index contributed by atoms with van der Waals surface area (Å²) in [4.78, 5) is 26.8. The standard InChI is InChI=1S/C18H30N2O4/c1-2-9-19-16(21)14-3-5-15(6-4-14)17(22)20-10-7-18(8-11-20)23-12-13-24-18/h14-15H,2-13H2,1H3,(H,19,21). The van der Waals surface area contributed by atoms with Crippen molar-refractivity contribution in [2.24, 2.45) is 11.8 Å². The fraction of sp³-hybridized carbons (Fsp3) is 0.889. The third-order valence-corrected chi connectivity index (χ3v) is 5.65. The molecule has 0 bridgehead atoms. The third kappa shape index (κ3) is 3.91. The molecule has 1 saturated carbocycles. The van der Waals surface area contributed by atoms with Gasteiger partial charge in [-0.3, -0.25) is 9.59 Å². The average Bonchev–Trinajstić information content (AvgIpc) is 3.08. The molecular formula is C18H30N2O4. The summed E-state index contributed by atoms with van der Waals surface area (Å²) < 4.78 is 11.4. The predicted octanol–water partition coefficient (Wildman–Crippen LogP) is 1.68. The van der Waals surface area contributed by atoms with Gasteiger partial charge in [-0.1, -0.05) is 6.92 Å². The first-order chi connectivity index (χ1) is 11.6. The molecule has 6 heteroatoms. The molecule has 3 aliphatic rings. The number of hydrogen-bond donors (Lipinski definition) is 1. The Bertz CT molecular complexity index is 444. The molecule has 1 spiro atoms. The fourth-order valence-electron chi connectivity index (χ4n) is 4.11. The van der Waals surface area contributed by atoms with Crippen LogP contribution in [0.1, 0.15) is 51.9 Å². The lowest BCUT2D eigenvalue weighted by molar-refractivity contribution is -0.188. The number of ether oxygens (including phenoxy) is 2. The summed E-state index contributed by atoms with van der Waals surface area (Å²) in [5.41, 5.74) is 0. The zero-order valence-corrected chi connectivity index (χ0v) is 14.7. The van der Waals surface area contributed by atoms with Crippen molar-refractivity contribution in [2.45, 2.75) is 57.7 Å². The number of hydrogen-bond acceptors (Lipinski definition) is 4. The van der Waals surface area contributed by atoms with Crippen LogP contribution < -0.4 is 5.32 Å². The Kier molecular flexibility index (Phi) is 5.76. The van der Waals surface area contributed by atoms with Crippen molar-refractivity contribution in [1.82, 2.24) is 10.2 Å². The highest BCUT2D eigenvalue weighted by atomic mass is 16.7. The predicted molar refractivity (Wildman–Crippen MR) is 89.2 cm³/mol. The normalized spacial score (nSPS) is 29.6. The van der Waals surface area contributed by atoms with Crippen LogP contribution in [0.15, 0.2) is 0 Å². The van der Waals surface area contributed by atoms with E-state index >= 15 is 0 Å². The number of amides is 2. The maximum atomic E-state index is 12.7. The zero-order chi connectivity index (χ0) is 17.0. The van der Waals surface area contributed by atoms with Crippen LogP contribution in [0.4, 0.5) is 0 Å². The van der Waals surface area contributed by atoms with E-state index in [1.165, 1.54) is 0 Å². The molecule has 3 fully saturated rings. The summed E-state index contributed by atoms with van der Waals surface area (Å²) in [6.07, 6.45) is 5.83. The highest BCUT2D eigenvalue weighted by Crippen LogP contribution is 2.34. The molecule has 2 aliphatic heterocycles. The van der Waals surface area contributed by atoms with Crippen LogP contribution in [0.2, 0.25) is 0 Å². The summed E-state index contributed by atoms with van der Waals surface area (Å²) >= 11 is 0. The fourth-order valence-corrected chi connectivity index (χ4v) is 4.11. The van der Waals surface area contributed by atoms with Crippen LogP contribution in [0.3, 0.4) is 0 Å². The number of rotatable bonds is 4. The van der Waals surface area contributed by atoms with Gasteiger partial charge < -0.3 is 19.7 Å². The van der Waals surface area contributed by atoms with E-state index in [-0.39, 0.29) is 23.7 Å². The SMILES string of the molecule is CCCNC(=O)C1CCC(C(=O)N2CCC3(CC2)OCCO3)CC1. The van der Waals surface area contributed by atoms with E-state index in [9.17, 15) is 9.59 Å². The summed E-state index contributed by atoms with van der Waals surface area (Å²) in [7, 11) is 0. The van der Waals surface area contributed by atoms with Crippen LogP contribution in [0.25, 0.3) is 0 Å². The molecule has 2 heterocycles. The monoisotopic (exact) mass is 338 g/mol. The molecule has 0 aromatic heterocycles. The number of nitrogens with zero attached hydrogens (tertiary/aromatic N) is 1. The summed E-state index contributed by atoms with van der Waals surface area (Å²) in [5.74, 6) is 0.171. The molecule has 0 atom stereocenters. The van der Waals surface area contributed by atoms with Gasteiger partial charge in [0, 0.05) is 44.3 Å². The minimum absolute atomic E-state index is 0.0830. The van der Waals surface area contributed by atoms with E-state index in [0.29, 0.717) is 13.2 Å². The second-order valence-corrected chi connectivity index (χ2v) is 7.27. The van der Waals surface area contributed by atoms with Gasteiger partial charge in [0.05, 0.1) is 13.2 Å². The van der Waals surface area contributed by atoms with Gasteiger partial charge in [0.15, 0.2) is 5.79 Å². The van der Waals surface area contributed by atoms with Crippen molar-refractivity contribution in [3.8, 4) is 0 Å². The lowest BCUT2D eigenvalue weighted by atomic mass is 9.80. The summed E-state index contributed by atoms with van der Waals surface area (Å²) in [6.45, 7) is 5.57. The summed E-state index contributed by atoms with van der Waals surface area (Å²) in [5, 5.41) is 2.98. The second kappa shape index (κ2) is 7.83. The Hall–Kier alpha value is -1.14. The van der Waals surface area contributed by atoms with E-state index in [1.54, 1.807) is 0 Å². The van der Waals surface area contributed by atoms with Gasteiger partial charge in [0.25, 0.3) is 0 Å². The Morgan fingerprint density at radius 3 is 2.21 bits per heavy atom. The van der Waals surface area contributed by atoms with Gasteiger partial charge in [0.1, 0.15) is 0 Å². The molecule has 24 heavy (non-hydrogen) atoms. The zero-order valence-electron chi connectivity index (χ0n) is 14.7. The molecule has 1 aliphatic carbocycles. The Morgan fingerprint density at radius 2 is 1.62 bits per heavy atom. The third-order valence-electron chi connectivity index (χ3n) is 5.65. The van der Waals surface area contributed by atoms with Crippen molar-refractivity contribution in [3.63, 3.8) is 0 Å². The van der Waals surface area contributed by atoms with Gasteiger partial charge in [-0.2, -0.15) is 0 Å². The number of carbonyl (C=O) groups excluding carboxylic acids is 2. The average molecular weight is 338 g/mol. The molecule has 136 valence electrons. The Labute approximate surface area is 144 Å². The van der Waals surface area contributed by atoms with E-state index in [0.717, 1.165) is 64.6 Å². The molecule has 0 unspecified atom stereocenters. The molecule has 0 aromatic carbocycles. The number of carbonyl (C=O) groups is 2. The highest BCUT2D eigenvalue weighted by Gasteiger charge is 2.42. The molecular weight excluding hydrogens is 308 g/mol. The smallest absolute Gasteiger partial charge is 0.225 e. The van der Waals surface area contributed by atoms with Gasteiger partial charge in [0.2, 0.25) is 11.8 Å². The van der Waals surface area contributed by atoms with Gasteiger partial charge in [-0.25, -0.2) is 0 Å². The van der Waals surface area contributed by atoms with Crippen LogP contribution in [0.5, 0.6) is 0 Å². The van der Waals surface area contributed by atoms with Gasteiger partial charge in [-0.15, -0.1) is 0 Å². The van der Waals surface area contributed by atoms with Crippen LogP contribution >= 0.6 is 0 Å². The van der Waals surface area contributed by atoms with E-state index in [2.05, 4.69) is 12.2 Å². The van der Waals surface area contributed by atoms with Gasteiger partial charge in [-0.05, 0) is 32.1 Å². The van der Waals surface area contributed by atoms with Crippen LogP contribution in [-0.2, 0) is 19.1 Å².